The average Bonchev–Trinajstić information content (AvgIpc) is 2.49. The summed E-state index contributed by atoms with van der Waals surface area (Å²) in [4.78, 5) is 11.2. The van der Waals surface area contributed by atoms with Crippen LogP contribution >= 0.6 is 15.9 Å². The second kappa shape index (κ2) is 10.6. The number of nitrogens with one attached hydrogen (secondary N) is 2. The monoisotopic (exact) mass is 358 g/mol. The molecule has 2 N–H and O–H groups in total. The van der Waals surface area contributed by atoms with Crippen LogP contribution in [0.15, 0.2) is 22.7 Å². The normalized spacial score (nSPS) is 10.4. The van der Waals surface area contributed by atoms with Crippen LogP contribution in [0.4, 0.5) is 0 Å². The van der Waals surface area contributed by atoms with E-state index in [-0.39, 0.29) is 5.91 Å². The van der Waals surface area contributed by atoms with Crippen molar-refractivity contribution in [3.63, 3.8) is 0 Å². The number of ether oxygens (including phenoxy) is 2. The van der Waals surface area contributed by atoms with Gasteiger partial charge in [0.25, 0.3) is 0 Å². The van der Waals surface area contributed by atoms with E-state index < -0.39 is 0 Å². The van der Waals surface area contributed by atoms with Crippen molar-refractivity contribution < 1.29 is 14.3 Å². The summed E-state index contributed by atoms with van der Waals surface area (Å²) in [5.41, 5.74) is 1.08. The Morgan fingerprint density at radius 1 is 1.33 bits per heavy atom. The fourth-order valence-electron chi connectivity index (χ4n) is 1.78. The van der Waals surface area contributed by atoms with Crippen LogP contribution in [0.3, 0.4) is 0 Å². The number of amides is 1. The lowest BCUT2D eigenvalue weighted by Gasteiger charge is -2.14. The third-order valence-electron chi connectivity index (χ3n) is 2.92. The highest BCUT2D eigenvalue weighted by Crippen LogP contribution is 2.29. The van der Waals surface area contributed by atoms with E-state index in [9.17, 15) is 4.79 Å². The molecule has 1 aromatic rings. The number of halogens is 1. The van der Waals surface area contributed by atoms with Gasteiger partial charge in [-0.2, -0.15) is 0 Å². The Labute approximate surface area is 134 Å². The number of rotatable bonds is 10. The highest BCUT2D eigenvalue weighted by atomic mass is 79.9. The zero-order valence-corrected chi connectivity index (χ0v) is 14.2. The van der Waals surface area contributed by atoms with Crippen molar-refractivity contribution in [2.24, 2.45) is 0 Å². The van der Waals surface area contributed by atoms with Crippen molar-refractivity contribution >= 4 is 21.8 Å². The van der Waals surface area contributed by atoms with Gasteiger partial charge in [-0.15, -0.1) is 0 Å². The van der Waals surface area contributed by atoms with Gasteiger partial charge in [-0.25, -0.2) is 0 Å². The lowest BCUT2D eigenvalue weighted by molar-refractivity contribution is -0.120. The highest BCUT2D eigenvalue weighted by molar-refractivity contribution is 9.10. The predicted octanol–water partition coefficient (Wildman–Crippen LogP) is 2.09. The molecule has 0 heterocycles. The minimum Gasteiger partial charge on any atom is -0.492 e. The molecule has 0 atom stereocenters. The van der Waals surface area contributed by atoms with Crippen LogP contribution < -0.4 is 15.4 Å². The zero-order valence-electron chi connectivity index (χ0n) is 12.6. The van der Waals surface area contributed by atoms with Crippen LogP contribution in [0.25, 0.3) is 0 Å². The molecular formula is C15H23BrN2O3. The lowest BCUT2D eigenvalue weighted by Crippen LogP contribution is -2.19. The van der Waals surface area contributed by atoms with Gasteiger partial charge in [-0.3, -0.25) is 4.79 Å². The molecule has 0 aliphatic heterocycles. The van der Waals surface area contributed by atoms with E-state index in [1.165, 1.54) is 0 Å². The number of carbonyl (C=O) groups excluding carboxylic acids is 1. The number of hydrogen-bond donors (Lipinski definition) is 2. The largest absolute Gasteiger partial charge is 0.492 e. The summed E-state index contributed by atoms with van der Waals surface area (Å²) in [5, 5.41) is 5.90. The Bertz CT molecular complexity index is 441. The van der Waals surface area contributed by atoms with Gasteiger partial charge in [0.2, 0.25) is 5.91 Å². The maximum Gasteiger partial charge on any atom is 0.219 e. The molecule has 6 heteroatoms. The summed E-state index contributed by atoms with van der Waals surface area (Å²) in [6.45, 7) is 2.70. The number of para-hydroxylation sites is 1. The first kappa shape index (κ1) is 17.9. The molecule has 0 spiro atoms. The van der Waals surface area contributed by atoms with Crippen molar-refractivity contribution in [2.45, 2.75) is 19.4 Å². The first-order chi connectivity index (χ1) is 10.2. The Balaban J connectivity index is 2.48. The molecule has 0 saturated heterocycles. The van der Waals surface area contributed by atoms with Gasteiger partial charge in [-0.1, -0.05) is 12.1 Å². The minimum absolute atomic E-state index is 0.0344. The summed E-state index contributed by atoms with van der Waals surface area (Å²) in [6.07, 6.45) is 1.17. The molecule has 0 fully saturated rings. The molecule has 1 rings (SSSR count). The molecule has 0 unspecified atom stereocenters. The molecule has 0 aliphatic rings. The maximum absolute atomic E-state index is 11.2. The Kier molecular flexibility index (Phi) is 9.05. The number of carbonyl (C=O) groups is 1. The van der Waals surface area contributed by atoms with Gasteiger partial charge in [0.05, 0.1) is 17.7 Å². The van der Waals surface area contributed by atoms with Gasteiger partial charge in [0.15, 0.2) is 0 Å². The average molecular weight is 359 g/mol. The van der Waals surface area contributed by atoms with Crippen LogP contribution in [0.2, 0.25) is 0 Å². The Morgan fingerprint density at radius 2 is 2.14 bits per heavy atom. The van der Waals surface area contributed by atoms with Gasteiger partial charge in [0, 0.05) is 39.2 Å². The number of benzene rings is 1. The molecule has 118 valence electrons. The predicted molar refractivity (Wildman–Crippen MR) is 86.5 cm³/mol. The fraction of sp³-hybridized carbons (Fsp3) is 0.533. The van der Waals surface area contributed by atoms with E-state index in [0.717, 1.165) is 22.3 Å². The third kappa shape index (κ3) is 6.93. The van der Waals surface area contributed by atoms with Crippen molar-refractivity contribution in [3.05, 3.63) is 28.2 Å². The van der Waals surface area contributed by atoms with Crippen LogP contribution in [0.5, 0.6) is 5.75 Å². The van der Waals surface area contributed by atoms with E-state index in [2.05, 4.69) is 26.6 Å². The minimum atomic E-state index is 0.0344. The molecule has 0 saturated carbocycles. The first-order valence-electron chi connectivity index (χ1n) is 6.99. The summed E-state index contributed by atoms with van der Waals surface area (Å²) in [7, 11) is 3.32. The summed E-state index contributed by atoms with van der Waals surface area (Å²) in [6, 6.07) is 5.96. The van der Waals surface area contributed by atoms with Crippen LogP contribution in [-0.2, 0) is 16.1 Å². The summed E-state index contributed by atoms with van der Waals surface area (Å²) in [5.74, 6) is 0.867. The molecule has 5 nitrogen and oxygen atoms in total. The van der Waals surface area contributed by atoms with Gasteiger partial charge >= 0.3 is 0 Å². The Morgan fingerprint density at radius 3 is 2.86 bits per heavy atom. The van der Waals surface area contributed by atoms with Gasteiger partial charge < -0.3 is 20.1 Å². The Hall–Kier alpha value is -1.11. The molecule has 0 bridgehead atoms. The summed E-state index contributed by atoms with van der Waals surface area (Å²) < 4.78 is 11.8. The first-order valence-corrected chi connectivity index (χ1v) is 7.78. The molecule has 0 radical (unpaired) electrons. The highest BCUT2D eigenvalue weighted by Gasteiger charge is 2.08. The standard InChI is InChI=1S/C15H23BrN2O3/c1-17-14(19)7-4-9-21-15-12(5-3-6-13(15)16)11-18-8-10-20-2/h3,5-6,18H,4,7-11H2,1-2H3,(H,17,19). The van der Waals surface area contributed by atoms with Crippen LogP contribution in [-0.4, -0.2) is 39.8 Å². The topological polar surface area (TPSA) is 59.6 Å². The van der Waals surface area contributed by atoms with E-state index in [4.69, 9.17) is 9.47 Å². The van der Waals surface area contributed by atoms with E-state index in [1.807, 2.05) is 18.2 Å². The fourth-order valence-corrected chi connectivity index (χ4v) is 2.31. The van der Waals surface area contributed by atoms with E-state index in [1.54, 1.807) is 14.2 Å². The van der Waals surface area contributed by atoms with Crippen molar-refractivity contribution in [1.29, 1.82) is 0 Å². The maximum atomic E-state index is 11.2. The molecule has 21 heavy (non-hydrogen) atoms. The molecule has 1 aromatic carbocycles. The van der Waals surface area contributed by atoms with E-state index >= 15 is 0 Å². The van der Waals surface area contributed by atoms with Gasteiger partial charge in [0.1, 0.15) is 5.75 Å². The van der Waals surface area contributed by atoms with E-state index in [0.29, 0.717) is 32.6 Å². The lowest BCUT2D eigenvalue weighted by atomic mass is 10.2. The van der Waals surface area contributed by atoms with Crippen molar-refractivity contribution in [1.82, 2.24) is 10.6 Å². The van der Waals surface area contributed by atoms with Crippen LogP contribution in [0, 0.1) is 0 Å². The number of hydrogen-bond acceptors (Lipinski definition) is 4. The molecular weight excluding hydrogens is 336 g/mol. The molecule has 0 aromatic heterocycles. The third-order valence-corrected chi connectivity index (χ3v) is 3.54. The van der Waals surface area contributed by atoms with Crippen molar-refractivity contribution in [2.75, 3.05) is 33.9 Å². The van der Waals surface area contributed by atoms with Crippen LogP contribution in [0.1, 0.15) is 18.4 Å². The second-order valence-electron chi connectivity index (χ2n) is 4.52. The quantitative estimate of drug-likeness (QED) is 0.628. The number of methoxy groups -OCH3 is 1. The second-order valence-corrected chi connectivity index (χ2v) is 5.38. The SMILES string of the molecule is CNC(=O)CCCOc1c(Br)cccc1CNCCOC. The zero-order chi connectivity index (χ0) is 15.5. The molecule has 1 amide bonds. The molecule has 0 aliphatic carbocycles. The van der Waals surface area contributed by atoms with Crippen molar-refractivity contribution in [3.8, 4) is 5.75 Å². The summed E-state index contributed by atoms with van der Waals surface area (Å²) >= 11 is 3.51. The smallest absolute Gasteiger partial charge is 0.219 e. The van der Waals surface area contributed by atoms with Gasteiger partial charge in [-0.05, 0) is 28.4 Å².